The molecule has 1 saturated carbocycles. The van der Waals surface area contributed by atoms with Gasteiger partial charge in [-0.2, -0.15) is 0 Å². The Morgan fingerprint density at radius 1 is 1.42 bits per heavy atom. The summed E-state index contributed by atoms with van der Waals surface area (Å²) < 4.78 is 0. The number of nitrogens with one attached hydrogen (secondary N) is 1. The van der Waals surface area contributed by atoms with Crippen LogP contribution in [0.5, 0.6) is 5.75 Å². The van der Waals surface area contributed by atoms with Crippen molar-refractivity contribution in [2.24, 2.45) is 5.41 Å². The van der Waals surface area contributed by atoms with Gasteiger partial charge in [-0.15, -0.1) is 0 Å². The van der Waals surface area contributed by atoms with Gasteiger partial charge in [0.2, 0.25) is 0 Å². The first kappa shape index (κ1) is 14.4. The molecule has 1 aliphatic rings. The molecular weight excluding hydrogens is 306 g/mol. The van der Waals surface area contributed by atoms with Gasteiger partial charge in [-0.05, 0) is 42.9 Å². The van der Waals surface area contributed by atoms with E-state index >= 15 is 0 Å². The molecule has 1 aromatic carbocycles. The summed E-state index contributed by atoms with van der Waals surface area (Å²) >= 11 is 3.57. The minimum Gasteiger partial charge on any atom is -0.508 e. The van der Waals surface area contributed by atoms with Crippen molar-refractivity contribution in [1.82, 2.24) is 5.32 Å². The summed E-state index contributed by atoms with van der Waals surface area (Å²) in [6.07, 6.45) is 4.81. The second-order valence-electron chi connectivity index (χ2n) is 5.52. The number of hydrogen-bond acceptors (Lipinski definition) is 2. The monoisotopic (exact) mass is 325 g/mol. The van der Waals surface area contributed by atoms with E-state index in [0.717, 1.165) is 23.7 Å². The van der Waals surface area contributed by atoms with Crippen molar-refractivity contribution in [2.75, 3.05) is 11.9 Å². The molecule has 1 aliphatic carbocycles. The number of aryl methyl sites for hydroxylation is 1. The molecule has 4 heteroatoms. The second kappa shape index (κ2) is 5.95. The third-order valence-electron chi connectivity index (χ3n) is 4.04. The SMILES string of the molecule is Cc1ccc(C(=O)NCC2(CBr)CCCC2)cc1O. The quantitative estimate of drug-likeness (QED) is 0.834. The molecule has 0 aliphatic heterocycles. The van der Waals surface area contributed by atoms with Gasteiger partial charge in [0.15, 0.2) is 0 Å². The molecule has 0 spiro atoms. The highest BCUT2D eigenvalue weighted by molar-refractivity contribution is 9.09. The molecular formula is C15H20BrNO2. The number of phenolic OH excluding ortho intramolecular Hbond substituents is 1. The van der Waals surface area contributed by atoms with Crippen molar-refractivity contribution < 1.29 is 9.90 Å². The third kappa shape index (κ3) is 3.30. The first-order valence-electron chi connectivity index (χ1n) is 6.70. The van der Waals surface area contributed by atoms with Crippen molar-refractivity contribution in [3.05, 3.63) is 29.3 Å². The Morgan fingerprint density at radius 3 is 2.68 bits per heavy atom. The molecule has 0 unspecified atom stereocenters. The van der Waals surface area contributed by atoms with Crippen molar-refractivity contribution in [2.45, 2.75) is 32.6 Å². The molecule has 0 saturated heterocycles. The van der Waals surface area contributed by atoms with E-state index < -0.39 is 0 Å². The van der Waals surface area contributed by atoms with Gasteiger partial charge in [-0.1, -0.05) is 34.8 Å². The van der Waals surface area contributed by atoms with E-state index in [0.29, 0.717) is 12.1 Å². The van der Waals surface area contributed by atoms with Gasteiger partial charge in [0.05, 0.1) is 0 Å². The lowest BCUT2D eigenvalue weighted by Crippen LogP contribution is -2.37. The minimum absolute atomic E-state index is 0.109. The highest BCUT2D eigenvalue weighted by Crippen LogP contribution is 2.39. The van der Waals surface area contributed by atoms with Gasteiger partial charge < -0.3 is 10.4 Å². The first-order chi connectivity index (χ1) is 9.06. The molecule has 2 rings (SSSR count). The van der Waals surface area contributed by atoms with Crippen LogP contribution in [0.2, 0.25) is 0 Å². The van der Waals surface area contributed by atoms with Gasteiger partial charge in [-0.3, -0.25) is 4.79 Å². The molecule has 1 aromatic rings. The number of phenols is 1. The smallest absolute Gasteiger partial charge is 0.251 e. The predicted octanol–water partition coefficient (Wildman–Crippen LogP) is 3.39. The topological polar surface area (TPSA) is 49.3 Å². The highest BCUT2D eigenvalue weighted by atomic mass is 79.9. The number of benzene rings is 1. The third-order valence-corrected chi connectivity index (χ3v) is 5.23. The van der Waals surface area contributed by atoms with Crippen LogP contribution in [-0.2, 0) is 0 Å². The second-order valence-corrected chi connectivity index (χ2v) is 6.09. The lowest BCUT2D eigenvalue weighted by Gasteiger charge is -2.26. The number of carbonyl (C=O) groups is 1. The number of rotatable bonds is 4. The average Bonchev–Trinajstić information content (AvgIpc) is 2.89. The van der Waals surface area contributed by atoms with Crippen molar-refractivity contribution in [1.29, 1.82) is 0 Å². The van der Waals surface area contributed by atoms with Crippen LogP contribution >= 0.6 is 15.9 Å². The summed E-state index contributed by atoms with van der Waals surface area (Å²) in [6, 6.07) is 5.04. The van der Waals surface area contributed by atoms with Crippen LogP contribution in [0.1, 0.15) is 41.6 Å². The molecule has 104 valence electrons. The number of hydrogen-bond donors (Lipinski definition) is 2. The van der Waals surface area contributed by atoms with E-state index in [1.54, 1.807) is 12.1 Å². The van der Waals surface area contributed by atoms with E-state index in [4.69, 9.17) is 0 Å². The van der Waals surface area contributed by atoms with E-state index in [1.165, 1.54) is 18.9 Å². The Morgan fingerprint density at radius 2 is 2.11 bits per heavy atom. The van der Waals surface area contributed by atoms with E-state index in [9.17, 15) is 9.90 Å². The fourth-order valence-electron chi connectivity index (χ4n) is 2.60. The maximum Gasteiger partial charge on any atom is 0.251 e. The van der Waals surface area contributed by atoms with Gasteiger partial charge in [-0.25, -0.2) is 0 Å². The van der Waals surface area contributed by atoms with Crippen LogP contribution in [0.15, 0.2) is 18.2 Å². The molecule has 2 N–H and O–H groups in total. The summed E-state index contributed by atoms with van der Waals surface area (Å²) in [5.74, 6) is 0.0613. The lowest BCUT2D eigenvalue weighted by atomic mass is 9.89. The van der Waals surface area contributed by atoms with Crippen molar-refractivity contribution in [3.63, 3.8) is 0 Å². The summed E-state index contributed by atoms with van der Waals surface area (Å²) in [5, 5.41) is 13.6. The van der Waals surface area contributed by atoms with Crippen LogP contribution in [-0.4, -0.2) is 22.9 Å². The van der Waals surface area contributed by atoms with Gasteiger partial charge in [0.1, 0.15) is 5.75 Å². The minimum atomic E-state index is -0.109. The summed E-state index contributed by atoms with van der Waals surface area (Å²) in [6.45, 7) is 2.51. The van der Waals surface area contributed by atoms with Crippen molar-refractivity contribution >= 4 is 21.8 Å². The van der Waals surface area contributed by atoms with Crippen molar-refractivity contribution in [3.8, 4) is 5.75 Å². The molecule has 1 amide bonds. The number of amides is 1. The fourth-order valence-corrected chi connectivity index (χ4v) is 3.36. The summed E-state index contributed by atoms with van der Waals surface area (Å²) in [7, 11) is 0. The standard InChI is InChI=1S/C15H20BrNO2/c1-11-4-5-12(8-13(11)18)14(19)17-10-15(9-16)6-2-3-7-15/h4-5,8,18H,2-3,6-7,9-10H2,1H3,(H,17,19). The maximum atomic E-state index is 12.1. The molecule has 3 nitrogen and oxygen atoms in total. The van der Waals surface area contributed by atoms with E-state index in [-0.39, 0.29) is 17.1 Å². The Hall–Kier alpha value is -1.03. The van der Waals surface area contributed by atoms with Crippen LogP contribution in [0.3, 0.4) is 0 Å². The molecule has 19 heavy (non-hydrogen) atoms. The Bertz CT molecular complexity index is 467. The van der Waals surface area contributed by atoms with Crippen LogP contribution in [0, 0.1) is 12.3 Å². The summed E-state index contributed by atoms with van der Waals surface area (Å²) in [4.78, 5) is 12.1. The number of alkyl halides is 1. The van der Waals surface area contributed by atoms with Gasteiger partial charge in [0.25, 0.3) is 5.91 Å². The largest absolute Gasteiger partial charge is 0.508 e. The Kier molecular flexibility index (Phi) is 4.50. The number of aromatic hydroxyl groups is 1. The zero-order valence-corrected chi connectivity index (χ0v) is 12.8. The highest BCUT2D eigenvalue weighted by Gasteiger charge is 2.33. The maximum absolute atomic E-state index is 12.1. The van der Waals surface area contributed by atoms with Gasteiger partial charge in [0, 0.05) is 17.4 Å². The first-order valence-corrected chi connectivity index (χ1v) is 7.82. The lowest BCUT2D eigenvalue weighted by molar-refractivity contribution is 0.0935. The van der Waals surface area contributed by atoms with E-state index in [1.807, 2.05) is 6.92 Å². The van der Waals surface area contributed by atoms with Crippen LogP contribution in [0.4, 0.5) is 0 Å². The summed E-state index contributed by atoms with van der Waals surface area (Å²) in [5.41, 5.74) is 1.51. The normalized spacial score (nSPS) is 17.4. The Balaban J connectivity index is 1.99. The van der Waals surface area contributed by atoms with Crippen LogP contribution in [0.25, 0.3) is 0 Å². The van der Waals surface area contributed by atoms with Crippen LogP contribution < -0.4 is 5.32 Å². The molecule has 0 aromatic heterocycles. The molecule has 0 bridgehead atoms. The molecule has 0 radical (unpaired) electrons. The number of halogens is 1. The van der Waals surface area contributed by atoms with E-state index in [2.05, 4.69) is 21.2 Å². The number of carbonyl (C=O) groups excluding carboxylic acids is 1. The average molecular weight is 326 g/mol. The fraction of sp³-hybridized carbons (Fsp3) is 0.533. The Labute approximate surface area is 122 Å². The molecule has 0 atom stereocenters. The van der Waals surface area contributed by atoms with Gasteiger partial charge >= 0.3 is 0 Å². The zero-order valence-electron chi connectivity index (χ0n) is 11.2. The molecule has 1 fully saturated rings. The zero-order chi connectivity index (χ0) is 13.9. The predicted molar refractivity (Wildman–Crippen MR) is 79.9 cm³/mol. The molecule has 0 heterocycles.